The topological polar surface area (TPSA) is 104 Å². The lowest BCUT2D eigenvalue weighted by Gasteiger charge is -2.05. The molecule has 0 aliphatic carbocycles. The van der Waals surface area contributed by atoms with Crippen molar-refractivity contribution in [3.05, 3.63) is 35.3 Å². The highest BCUT2D eigenvalue weighted by Crippen LogP contribution is 2.26. The first-order chi connectivity index (χ1) is 10.1. The molecule has 0 aliphatic heterocycles. The number of nitriles is 1. The van der Waals surface area contributed by atoms with Crippen LogP contribution in [-0.4, -0.2) is 22.9 Å². The maximum Gasteiger partial charge on any atom is 0.252 e. The van der Waals surface area contributed by atoms with Gasteiger partial charge < -0.3 is 14.3 Å². The standard InChI is InChI=1S/C14H14N4O3/c1-3-20-13-6-10(4-5-12(13)19)8-16-18-14-11(7-15)17-9(2)21-14/h4-6,8,18-19H,3H2,1-2H3/b16-8+. The van der Waals surface area contributed by atoms with Gasteiger partial charge in [-0.25, -0.2) is 10.4 Å². The Balaban J connectivity index is 2.11. The Kier molecular flexibility index (Phi) is 4.41. The van der Waals surface area contributed by atoms with E-state index >= 15 is 0 Å². The Bertz CT molecular complexity index is 701. The van der Waals surface area contributed by atoms with E-state index in [0.717, 1.165) is 5.56 Å². The van der Waals surface area contributed by atoms with Gasteiger partial charge in [-0.1, -0.05) is 0 Å². The molecule has 0 saturated carbocycles. The van der Waals surface area contributed by atoms with Crippen LogP contribution < -0.4 is 10.2 Å². The van der Waals surface area contributed by atoms with Crippen LogP contribution in [0.15, 0.2) is 27.7 Å². The lowest BCUT2D eigenvalue weighted by molar-refractivity contribution is 0.318. The van der Waals surface area contributed by atoms with Crippen LogP contribution in [0.3, 0.4) is 0 Å². The molecule has 0 bridgehead atoms. The number of hydrogen-bond acceptors (Lipinski definition) is 7. The summed E-state index contributed by atoms with van der Waals surface area (Å²) < 4.78 is 10.5. The van der Waals surface area contributed by atoms with Gasteiger partial charge in [-0.2, -0.15) is 10.4 Å². The van der Waals surface area contributed by atoms with Crippen molar-refractivity contribution in [2.45, 2.75) is 13.8 Å². The third-order valence-electron chi connectivity index (χ3n) is 2.50. The van der Waals surface area contributed by atoms with E-state index < -0.39 is 0 Å². The van der Waals surface area contributed by atoms with Gasteiger partial charge in [0.25, 0.3) is 5.88 Å². The monoisotopic (exact) mass is 286 g/mol. The van der Waals surface area contributed by atoms with E-state index in [-0.39, 0.29) is 17.3 Å². The second-order valence-corrected chi connectivity index (χ2v) is 4.05. The summed E-state index contributed by atoms with van der Waals surface area (Å²) in [6.45, 7) is 3.93. The van der Waals surface area contributed by atoms with Gasteiger partial charge in [0.1, 0.15) is 6.07 Å². The normalized spacial score (nSPS) is 10.5. The van der Waals surface area contributed by atoms with Crippen molar-refractivity contribution in [2.75, 3.05) is 12.0 Å². The number of hydrogen-bond donors (Lipinski definition) is 2. The van der Waals surface area contributed by atoms with Crippen molar-refractivity contribution >= 4 is 12.1 Å². The highest BCUT2D eigenvalue weighted by molar-refractivity contribution is 5.81. The fraction of sp³-hybridized carbons (Fsp3) is 0.214. The number of phenols is 1. The maximum absolute atomic E-state index is 9.60. The van der Waals surface area contributed by atoms with Crippen molar-refractivity contribution in [3.8, 4) is 17.6 Å². The molecule has 0 fully saturated rings. The highest BCUT2D eigenvalue weighted by Gasteiger charge is 2.08. The molecule has 7 heteroatoms. The number of nitrogens with zero attached hydrogens (tertiary/aromatic N) is 3. The Morgan fingerprint density at radius 2 is 2.38 bits per heavy atom. The second kappa shape index (κ2) is 6.43. The molecule has 0 aliphatic rings. The predicted molar refractivity (Wildman–Crippen MR) is 76.4 cm³/mol. The number of phenolic OH excluding ortho intramolecular Hbond substituents is 1. The summed E-state index contributed by atoms with van der Waals surface area (Å²) in [7, 11) is 0. The number of rotatable bonds is 5. The lowest BCUT2D eigenvalue weighted by Crippen LogP contribution is -1.94. The van der Waals surface area contributed by atoms with Crippen LogP contribution in [0.2, 0.25) is 0 Å². The molecule has 1 heterocycles. The minimum atomic E-state index is 0.0691. The zero-order valence-corrected chi connectivity index (χ0v) is 11.6. The van der Waals surface area contributed by atoms with Crippen LogP contribution in [0, 0.1) is 18.3 Å². The predicted octanol–water partition coefficient (Wildman–Crippen LogP) is 2.41. The van der Waals surface area contributed by atoms with E-state index in [1.165, 1.54) is 12.3 Å². The number of aromatic hydroxyl groups is 1. The average molecular weight is 286 g/mol. The Hall–Kier alpha value is -3.01. The second-order valence-electron chi connectivity index (χ2n) is 4.05. The molecule has 2 rings (SSSR count). The van der Waals surface area contributed by atoms with E-state index in [1.54, 1.807) is 19.1 Å². The van der Waals surface area contributed by atoms with E-state index in [0.29, 0.717) is 18.2 Å². The molecule has 0 amide bonds. The average Bonchev–Trinajstić information content (AvgIpc) is 2.83. The molecule has 2 N–H and O–H groups in total. The van der Waals surface area contributed by atoms with Gasteiger partial charge >= 0.3 is 0 Å². The summed E-state index contributed by atoms with van der Waals surface area (Å²) in [5.74, 6) is 1.02. The number of anilines is 1. The molecule has 2 aromatic rings. The molecule has 21 heavy (non-hydrogen) atoms. The van der Waals surface area contributed by atoms with Crippen LogP contribution in [-0.2, 0) is 0 Å². The zero-order chi connectivity index (χ0) is 15.2. The van der Waals surface area contributed by atoms with Crippen LogP contribution >= 0.6 is 0 Å². The van der Waals surface area contributed by atoms with Gasteiger partial charge in [-0.15, -0.1) is 0 Å². The molecule has 0 spiro atoms. The van der Waals surface area contributed by atoms with Crippen molar-refractivity contribution < 1.29 is 14.3 Å². The summed E-state index contributed by atoms with van der Waals surface area (Å²) >= 11 is 0. The van der Waals surface area contributed by atoms with Crippen molar-refractivity contribution in [1.82, 2.24) is 4.98 Å². The van der Waals surface area contributed by atoms with Crippen molar-refractivity contribution in [3.63, 3.8) is 0 Å². The SMILES string of the molecule is CCOc1cc(/C=N/Nc2oc(C)nc2C#N)ccc1O. The smallest absolute Gasteiger partial charge is 0.252 e. The van der Waals surface area contributed by atoms with Gasteiger partial charge in [0.15, 0.2) is 17.4 Å². The van der Waals surface area contributed by atoms with E-state index in [2.05, 4.69) is 15.5 Å². The third-order valence-corrected chi connectivity index (χ3v) is 2.50. The number of aromatic nitrogens is 1. The summed E-state index contributed by atoms with van der Waals surface area (Å²) in [5.41, 5.74) is 3.48. The highest BCUT2D eigenvalue weighted by atomic mass is 16.5. The minimum absolute atomic E-state index is 0.0691. The van der Waals surface area contributed by atoms with E-state index in [9.17, 15) is 5.11 Å². The fourth-order valence-corrected chi connectivity index (χ4v) is 1.63. The number of nitrogens with one attached hydrogen (secondary N) is 1. The lowest BCUT2D eigenvalue weighted by atomic mass is 10.2. The molecule has 0 saturated heterocycles. The molecule has 7 nitrogen and oxygen atoms in total. The van der Waals surface area contributed by atoms with Crippen LogP contribution in [0.25, 0.3) is 0 Å². The summed E-state index contributed by atoms with van der Waals surface area (Å²) in [6, 6.07) is 6.76. The first kappa shape index (κ1) is 14.4. The number of ether oxygens (including phenoxy) is 1. The van der Waals surface area contributed by atoms with Crippen LogP contribution in [0.1, 0.15) is 24.1 Å². The van der Waals surface area contributed by atoms with E-state index in [4.69, 9.17) is 14.4 Å². The van der Waals surface area contributed by atoms with Gasteiger partial charge in [-0.05, 0) is 30.7 Å². The van der Waals surface area contributed by atoms with E-state index in [1.807, 2.05) is 13.0 Å². The molecule has 0 radical (unpaired) electrons. The van der Waals surface area contributed by atoms with Crippen molar-refractivity contribution in [1.29, 1.82) is 5.26 Å². The van der Waals surface area contributed by atoms with Crippen molar-refractivity contribution in [2.24, 2.45) is 5.10 Å². The Morgan fingerprint density at radius 1 is 1.57 bits per heavy atom. The van der Waals surface area contributed by atoms with Crippen LogP contribution in [0.4, 0.5) is 5.88 Å². The molecule has 1 aromatic heterocycles. The fourth-order valence-electron chi connectivity index (χ4n) is 1.63. The molecule has 0 unspecified atom stereocenters. The quantitative estimate of drug-likeness (QED) is 0.646. The first-order valence-corrected chi connectivity index (χ1v) is 6.26. The Morgan fingerprint density at radius 3 is 3.10 bits per heavy atom. The number of benzene rings is 1. The minimum Gasteiger partial charge on any atom is -0.504 e. The first-order valence-electron chi connectivity index (χ1n) is 6.26. The summed E-state index contributed by atoms with van der Waals surface area (Å²) in [5, 5.41) is 22.4. The number of hydrazone groups is 1. The summed E-state index contributed by atoms with van der Waals surface area (Å²) in [4.78, 5) is 3.89. The third kappa shape index (κ3) is 3.51. The Labute approximate surface area is 121 Å². The van der Waals surface area contributed by atoms with Gasteiger partial charge in [0.05, 0.1) is 12.8 Å². The van der Waals surface area contributed by atoms with Gasteiger partial charge in [0, 0.05) is 6.92 Å². The van der Waals surface area contributed by atoms with Crippen LogP contribution in [0.5, 0.6) is 11.5 Å². The number of oxazole rings is 1. The largest absolute Gasteiger partial charge is 0.504 e. The zero-order valence-electron chi connectivity index (χ0n) is 11.6. The maximum atomic E-state index is 9.60. The molecule has 0 atom stereocenters. The van der Waals surface area contributed by atoms with Gasteiger partial charge in [-0.3, -0.25) is 0 Å². The number of aryl methyl sites for hydroxylation is 1. The molecular weight excluding hydrogens is 272 g/mol. The van der Waals surface area contributed by atoms with Gasteiger partial charge in [0.2, 0.25) is 5.69 Å². The molecular formula is C14H14N4O3. The molecule has 1 aromatic carbocycles. The molecule has 108 valence electrons. The summed E-state index contributed by atoms with van der Waals surface area (Å²) in [6.07, 6.45) is 1.51.